The van der Waals surface area contributed by atoms with Crippen molar-refractivity contribution < 1.29 is 24.1 Å². The molecule has 10 nitrogen and oxygen atoms in total. The van der Waals surface area contributed by atoms with Crippen LogP contribution in [0.5, 0.6) is 17.2 Å². The number of carboxylic acids is 1. The fraction of sp³-hybridized carbons (Fsp3) is 0.259. The van der Waals surface area contributed by atoms with E-state index in [0.717, 1.165) is 35.1 Å². The molecule has 0 aliphatic carbocycles. The van der Waals surface area contributed by atoms with Gasteiger partial charge in [0.2, 0.25) is 5.75 Å². The molecule has 2 N–H and O–H groups in total. The number of benzene rings is 2. The van der Waals surface area contributed by atoms with Crippen LogP contribution in [0, 0.1) is 0 Å². The van der Waals surface area contributed by atoms with Crippen LogP contribution < -0.4 is 19.5 Å². The number of carboxylic acid groups (broad SMARTS) is 1. The van der Waals surface area contributed by atoms with E-state index in [4.69, 9.17) is 24.2 Å². The minimum absolute atomic E-state index is 0.207. The van der Waals surface area contributed by atoms with Gasteiger partial charge in [-0.05, 0) is 54.5 Å². The van der Waals surface area contributed by atoms with Gasteiger partial charge in [-0.25, -0.2) is 14.8 Å². The number of nitrogens with zero attached hydrogens (tertiary/aromatic N) is 4. The van der Waals surface area contributed by atoms with Gasteiger partial charge in [-0.1, -0.05) is 19.4 Å². The van der Waals surface area contributed by atoms with Crippen LogP contribution in [0.2, 0.25) is 0 Å². The van der Waals surface area contributed by atoms with Crippen molar-refractivity contribution in [1.29, 1.82) is 0 Å². The maximum absolute atomic E-state index is 11.2. The molecule has 2 heterocycles. The number of ether oxygens (including phenoxy) is 3. The Morgan fingerprint density at radius 3 is 2.27 bits per heavy atom. The molecule has 10 heteroatoms. The lowest BCUT2D eigenvalue weighted by Crippen LogP contribution is -2.02. The summed E-state index contributed by atoms with van der Waals surface area (Å²) in [7, 11) is 6.56. The van der Waals surface area contributed by atoms with Crippen LogP contribution in [0.1, 0.15) is 40.8 Å². The smallest absolute Gasteiger partial charge is 0.335 e. The summed E-state index contributed by atoms with van der Waals surface area (Å²) in [5.41, 5.74) is 4.12. The molecule has 0 atom stereocenters. The number of fused-ring (bicyclic) bond motifs is 1. The first-order valence-electron chi connectivity index (χ1n) is 11.7. The highest BCUT2D eigenvalue weighted by Crippen LogP contribution is 2.38. The highest BCUT2D eigenvalue weighted by Gasteiger charge is 2.17. The first-order chi connectivity index (χ1) is 17.9. The number of carbonyl (C=O) groups is 1. The topological polar surface area (TPSA) is 121 Å². The van der Waals surface area contributed by atoms with Gasteiger partial charge in [0.1, 0.15) is 11.0 Å². The Morgan fingerprint density at radius 2 is 1.70 bits per heavy atom. The Labute approximate surface area is 214 Å². The van der Waals surface area contributed by atoms with Crippen molar-refractivity contribution in [2.75, 3.05) is 26.6 Å². The lowest BCUT2D eigenvalue weighted by atomic mass is 10.1. The lowest BCUT2D eigenvalue weighted by Gasteiger charge is -2.13. The third-order valence-corrected chi connectivity index (χ3v) is 5.76. The number of rotatable bonds is 10. The standard InChI is InChI=1S/C27H29N5O5/c1-6-7-19-23-24(32(2)31-19)26(28-18-11-9-17(10-12-18)27(33)34)30-22(29-23)13-8-16-14-20(35-3)25(37-5)21(15-16)36-4/h8-15H,6-7H2,1-5H3,(H,33,34)(H,28,29,30). The predicted molar refractivity (Wildman–Crippen MR) is 142 cm³/mol. The number of anilines is 2. The molecule has 4 aromatic rings. The summed E-state index contributed by atoms with van der Waals surface area (Å²) >= 11 is 0. The summed E-state index contributed by atoms with van der Waals surface area (Å²) < 4.78 is 18.1. The summed E-state index contributed by atoms with van der Waals surface area (Å²) in [5, 5.41) is 17.2. The third kappa shape index (κ3) is 5.32. The van der Waals surface area contributed by atoms with Gasteiger partial charge < -0.3 is 24.6 Å². The van der Waals surface area contributed by atoms with Gasteiger partial charge in [0, 0.05) is 12.7 Å². The molecule has 4 rings (SSSR count). The van der Waals surface area contributed by atoms with Crippen molar-refractivity contribution in [2.24, 2.45) is 7.05 Å². The first kappa shape index (κ1) is 25.5. The molecule has 0 spiro atoms. The molecule has 0 amide bonds. The van der Waals surface area contributed by atoms with Crippen LogP contribution in [0.25, 0.3) is 23.2 Å². The van der Waals surface area contributed by atoms with Crippen LogP contribution >= 0.6 is 0 Å². The summed E-state index contributed by atoms with van der Waals surface area (Å²) in [4.78, 5) is 20.8. The predicted octanol–water partition coefficient (Wildman–Crippen LogP) is 4.95. The zero-order chi connectivity index (χ0) is 26.5. The van der Waals surface area contributed by atoms with Crippen molar-refractivity contribution in [3.63, 3.8) is 0 Å². The number of aryl methyl sites for hydroxylation is 2. The second-order valence-electron chi connectivity index (χ2n) is 8.25. The van der Waals surface area contributed by atoms with E-state index in [1.807, 2.05) is 31.3 Å². The minimum atomic E-state index is -0.981. The van der Waals surface area contributed by atoms with Crippen LogP contribution in [-0.2, 0) is 13.5 Å². The highest BCUT2D eigenvalue weighted by molar-refractivity contribution is 5.91. The molecule has 0 unspecified atom stereocenters. The number of hydrogen-bond donors (Lipinski definition) is 2. The van der Waals surface area contributed by atoms with E-state index < -0.39 is 5.97 Å². The van der Waals surface area contributed by atoms with Gasteiger partial charge in [0.05, 0.1) is 32.6 Å². The maximum atomic E-state index is 11.2. The van der Waals surface area contributed by atoms with Gasteiger partial charge in [-0.3, -0.25) is 4.68 Å². The van der Waals surface area contributed by atoms with Gasteiger partial charge in [-0.2, -0.15) is 5.10 Å². The second kappa shape index (κ2) is 11.0. The van der Waals surface area contributed by atoms with E-state index in [9.17, 15) is 9.90 Å². The number of methoxy groups -OCH3 is 3. The SMILES string of the molecule is CCCc1nn(C)c2c(Nc3ccc(C(=O)O)cc3)nc(C=Cc3cc(OC)c(OC)c(OC)c3)nc12. The van der Waals surface area contributed by atoms with Crippen LogP contribution in [-0.4, -0.2) is 52.2 Å². The van der Waals surface area contributed by atoms with Crippen LogP contribution in [0.15, 0.2) is 36.4 Å². The maximum Gasteiger partial charge on any atom is 0.335 e. The van der Waals surface area contributed by atoms with E-state index >= 15 is 0 Å². The number of hydrogen-bond acceptors (Lipinski definition) is 8. The van der Waals surface area contributed by atoms with E-state index in [-0.39, 0.29) is 5.56 Å². The molecular formula is C27H29N5O5. The van der Waals surface area contributed by atoms with Crippen LogP contribution in [0.4, 0.5) is 11.5 Å². The van der Waals surface area contributed by atoms with Crippen molar-refractivity contribution in [2.45, 2.75) is 19.8 Å². The van der Waals surface area contributed by atoms with Crippen molar-refractivity contribution in [1.82, 2.24) is 19.7 Å². The Morgan fingerprint density at radius 1 is 1.03 bits per heavy atom. The average molecular weight is 504 g/mol. The van der Waals surface area contributed by atoms with Crippen molar-refractivity contribution >= 4 is 40.7 Å². The molecule has 0 bridgehead atoms. The quantitative estimate of drug-likeness (QED) is 0.309. The van der Waals surface area contributed by atoms with E-state index in [1.54, 1.807) is 50.3 Å². The summed E-state index contributed by atoms with van der Waals surface area (Å²) in [5.74, 6) is 1.67. The molecule has 2 aromatic heterocycles. The third-order valence-electron chi connectivity index (χ3n) is 5.76. The van der Waals surface area contributed by atoms with Crippen molar-refractivity contribution in [3.05, 3.63) is 59.0 Å². The van der Waals surface area contributed by atoms with Gasteiger partial charge >= 0.3 is 5.97 Å². The Hall–Kier alpha value is -4.60. The number of nitrogens with one attached hydrogen (secondary N) is 1. The fourth-order valence-corrected chi connectivity index (χ4v) is 4.03. The lowest BCUT2D eigenvalue weighted by molar-refractivity contribution is 0.0697. The van der Waals surface area contributed by atoms with E-state index in [2.05, 4.69) is 17.3 Å². The molecule has 192 valence electrons. The van der Waals surface area contributed by atoms with Gasteiger partial charge in [0.15, 0.2) is 23.1 Å². The fourth-order valence-electron chi connectivity index (χ4n) is 4.03. The Kier molecular flexibility index (Phi) is 7.57. The van der Waals surface area contributed by atoms with Gasteiger partial charge in [-0.15, -0.1) is 0 Å². The summed E-state index contributed by atoms with van der Waals surface area (Å²) in [6.45, 7) is 2.09. The highest BCUT2D eigenvalue weighted by atomic mass is 16.5. The second-order valence-corrected chi connectivity index (χ2v) is 8.25. The summed E-state index contributed by atoms with van der Waals surface area (Å²) in [6, 6.07) is 10.2. The number of aromatic nitrogens is 4. The van der Waals surface area contributed by atoms with E-state index in [1.165, 1.54) is 0 Å². The molecular weight excluding hydrogens is 474 g/mol. The van der Waals surface area contributed by atoms with Crippen molar-refractivity contribution in [3.8, 4) is 17.2 Å². The molecule has 0 saturated carbocycles. The summed E-state index contributed by atoms with van der Waals surface area (Å²) in [6.07, 6.45) is 5.37. The Bertz CT molecular complexity index is 1440. The normalized spacial score (nSPS) is 11.2. The average Bonchev–Trinajstić information content (AvgIpc) is 3.22. The monoisotopic (exact) mass is 503 g/mol. The molecule has 0 aliphatic rings. The molecule has 0 radical (unpaired) electrons. The van der Waals surface area contributed by atoms with Gasteiger partial charge in [0.25, 0.3) is 0 Å². The zero-order valence-electron chi connectivity index (χ0n) is 21.4. The zero-order valence-corrected chi connectivity index (χ0v) is 21.4. The molecule has 2 aromatic carbocycles. The molecule has 0 fully saturated rings. The largest absolute Gasteiger partial charge is 0.493 e. The number of aromatic carboxylic acids is 1. The van der Waals surface area contributed by atoms with E-state index in [0.29, 0.717) is 34.6 Å². The molecule has 0 aliphatic heterocycles. The molecule has 0 saturated heterocycles. The minimum Gasteiger partial charge on any atom is -0.493 e. The Balaban J connectivity index is 1.78. The molecule has 37 heavy (non-hydrogen) atoms. The van der Waals surface area contributed by atoms with Crippen LogP contribution in [0.3, 0.4) is 0 Å². The first-order valence-corrected chi connectivity index (χ1v) is 11.7.